The standard InChI is InChI=1S/C15H12N2O4S/c1-20-13-11(8-7-10(18)12(13)19)22-15-17-16-14(21-15)9-5-3-2-4-6-9/h2-8,18-19H,1H3. The summed E-state index contributed by atoms with van der Waals surface area (Å²) in [4.78, 5) is 0.557. The second-order valence-electron chi connectivity index (χ2n) is 4.31. The van der Waals surface area contributed by atoms with Crippen LogP contribution in [-0.4, -0.2) is 27.5 Å². The molecular formula is C15H12N2O4S. The van der Waals surface area contributed by atoms with E-state index in [0.717, 1.165) is 17.3 Å². The fraction of sp³-hybridized carbons (Fsp3) is 0.0667. The summed E-state index contributed by atoms with van der Waals surface area (Å²) in [7, 11) is 1.40. The van der Waals surface area contributed by atoms with E-state index >= 15 is 0 Å². The van der Waals surface area contributed by atoms with Crippen LogP contribution in [0.4, 0.5) is 0 Å². The van der Waals surface area contributed by atoms with Crippen molar-refractivity contribution in [3.8, 4) is 28.7 Å². The molecule has 0 saturated heterocycles. The minimum Gasteiger partial charge on any atom is -0.504 e. The van der Waals surface area contributed by atoms with E-state index in [-0.39, 0.29) is 17.2 Å². The van der Waals surface area contributed by atoms with Crippen LogP contribution in [0.2, 0.25) is 0 Å². The molecule has 0 aliphatic heterocycles. The Morgan fingerprint density at radius 1 is 1.05 bits per heavy atom. The molecule has 0 fully saturated rings. The van der Waals surface area contributed by atoms with Crippen LogP contribution in [0, 0.1) is 0 Å². The zero-order chi connectivity index (χ0) is 15.5. The molecule has 7 heteroatoms. The Bertz CT molecular complexity index is 789. The average molecular weight is 316 g/mol. The van der Waals surface area contributed by atoms with Crippen LogP contribution in [0.1, 0.15) is 0 Å². The van der Waals surface area contributed by atoms with Crippen LogP contribution < -0.4 is 4.74 Å². The highest BCUT2D eigenvalue weighted by Crippen LogP contribution is 2.44. The lowest BCUT2D eigenvalue weighted by Gasteiger charge is -2.08. The third-order valence-corrected chi connectivity index (χ3v) is 3.78. The van der Waals surface area contributed by atoms with Gasteiger partial charge in [0.1, 0.15) is 0 Å². The zero-order valence-corrected chi connectivity index (χ0v) is 12.4. The first kappa shape index (κ1) is 14.3. The first-order chi connectivity index (χ1) is 10.7. The topological polar surface area (TPSA) is 88.6 Å². The summed E-state index contributed by atoms with van der Waals surface area (Å²) in [6.45, 7) is 0. The Hall–Kier alpha value is -2.67. The lowest BCUT2D eigenvalue weighted by atomic mass is 10.2. The van der Waals surface area contributed by atoms with Gasteiger partial charge in [0.15, 0.2) is 11.5 Å². The van der Waals surface area contributed by atoms with Crippen LogP contribution >= 0.6 is 11.8 Å². The van der Waals surface area contributed by atoms with Crippen molar-refractivity contribution >= 4 is 11.8 Å². The molecule has 0 amide bonds. The smallest absolute Gasteiger partial charge is 0.281 e. The number of hydrogen-bond acceptors (Lipinski definition) is 7. The largest absolute Gasteiger partial charge is 0.504 e. The van der Waals surface area contributed by atoms with Crippen molar-refractivity contribution in [3.63, 3.8) is 0 Å². The molecule has 2 N–H and O–H groups in total. The number of nitrogens with zero attached hydrogens (tertiary/aromatic N) is 2. The number of phenols is 2. The van der Waals surface area contributed by atoms with Gasteiger partial charge in [-0.15, -0.1) is 10.2 Å². The number of ether oxygens (including phenoxy) is 1. The van der Waals surface area contributed by atoms with Gasteiger partial charge in [0, 0.05) is 5.56 Å². The molecule has 1 heterocycles. The molecule has 3 rings (SSSR count). The predicted octanol–water partition coefficient (Wildman–Crippen LogP) is 3.31. The summed E-state index contributed by atoms with van der Waals surface area (Å²) < 4.78 is 10.7. The molecule has 0 aliphatic carbocycles. The maximum absolute atomic E-state index is 9.78. The number of methoxy groups -OCH3 is 1. The molecule has 22 heavy (non-hydrogen) atoms. The van der Waals surface area contributed by atoms with E-state index in [9.17, 15) is 10.2 Å². The van der Waals surface area contributed by atoms with Crippen molar-refractivity contribution in [2.45, 2.75) is 10.1 Å². The summed E-state index contributed by atoms with van der Waals surface area (Å²) in [6.07, 6.45) is 0. The van der Waals surface area contributed by atoms with Crippen LogP contribution in [0.25, 0.3) is 11.5 Å². The Balaban J connectivity index is 1.89. The molecule has 0 aliphatic rings. The quantitative estimate of drug-likeness (QED) is 0.714. The molecule has 0 unspecified atom stereocenters. The molecule has 112 valence electrons. The molecule has 3 aromatic rings. The molecule has 0 saturated carbocycles. The molecular weight excluding hydrogens is 304 g/mol. The fourth-order valence-corrected chi connectivity index (χ4v) is 2.66. The first-order valence-corrected chi connectivity index (χ1v) is 7.16. The van der Waals surface area contributed by atoms with Crippen LogP contribution in [0.15, 0.2) is 57.0 Å². The van der Waals surface area contributed by atoms with Gasteiger partial charge >= 0.3 is 0 Å². The van der Waals surface area contributed by atoms with Gasteiger partial charge in [-0.2, -0.15) is 0 Å². The fourth-order valence-electron chi connectivity index (χ4n) is 1.86. The number of hydrogen-bond donors (Lipinski definition) is 2. The van der Waals surface area contributed by atoms with E-state index in [4.69, 9.17) is 9.15 Å². The van der Waals surface area contributed by atoms with Crippen molar-refractivity contribution < 1.29 is 19.4 Å². The highest BCUT2D eigenvalue weighted by molar-refractivity contribution is 7.99. The highest BCUT2D eigenvalue weighted by atomic mass is 32.2. The Kier molecular flexibility index (Phi) is 3.88. The van der Waals surface area contributed by atoms with Gasteiger partial charge in [-0.25, -0.2) is 0 Å². The normalized spacial score (nSPS) is 10.6. The second kappa shape index (κ2) is 5.98. The van der Waals surface area contributed by atoms with Gasteiger partial charge < -0.3 is 19.4 Å². The van der Waals surface area contributed by atoms with E-state index in [1.54, 1.807) is 6.07 Å². The molecule has 0 radical (unpaired) electrons. The van der Waals surface area contributed by atoms with Crippen molar-refractivity contribution in [3.05, 3.63) is 42.5 Å². The maximum Gasteiger partial charge on any atom is 0.281 e. The Labute approximate surface area is 130 Å². The predicted molar refractivity (Wildman–Crippen MR) is 80.2 cm³/mol. The van der Waals surface area contributed by atoms with Crippen molar-refractivity contribution in [1.29, 1.82) is 0 Å². The lowest BCUT2D eigenvalue weighted by Crippen LogP contribution is -1.87. The number of aromatic hydroxyl groups is 2. The van der Waals surface area contributed by atoms with Gasteiger partial charge in [-0.1, -0.05) is 18.2 Å². The van der Waals surface area contributed by atoms with E-state index in [2.05, 4.69) is 10.2 Å². The molecule has 0 spiro atoms. The molecule has 0 atom stereocenters. The summed E-state index contributed by atoms with van der Waals surface area (Å²) in [6, 6.07) is 12.4. The second-order valence-corrected chi connectivity index (χ2v) is 5.30. The maximum atomic E-state index is 9.78. The van der Waals surface area contributed by atoms with Gasteiger partial charge in [-0.05, 0) is 36.0 Å². The summed E-state index contributed by atoms with van der Waals surface area (Å²) >= 11 is 1.14. The van der Waals surface area contributed by atoms with Gasteiger partial charge in [0.2, 0.25) is 11.6 Å². The SMILES string of the molecule is COc1c(Sc2nnc(-c3ccccc3)o2)ccc(O)c1O. The van der Waals surface area contributed by atoms with Crippen molar-refractivity contribution in [2.24, 2.45) is 0 Å². The third-order valence-electron chi connectivity index (χ3n) is 2.90. The lowest BCUT2D eigenvalue weighted by molar-refractivity contribution is 0.343. The summed E-state index contributed by atoms with van der Waals surface area (Å²) in [5.41, 5.74) is 0.822. The van der Waals surface area contributed by atoms with Crippen LogP contribution in [0.5, 0.6) is 17.2 Å². The van der Waals surface area contributed by atoms with Crippen molar-refractivity contribution in [2.75, 3.05) is 7.11 Å². The van der Waals surface area contributed by atoms with Gasteiger partial charge in [0.05, 0.1) is 12.0 Å². The minimum atomic E-state index is -0.324. The summed E-state index contributed by atoms with van der Waals surface area (Å²) in [5, 5.41) is 27.5. The average Bonchev–Trinajstić information content (AvgIpc) is 3.01. The minimum absolute atomic E-state index is 0.157. The van der Waals surface area contributed by atoms with E-state index in [1.165, 1.54) is 13.2 Å². The first-order valence-electron chi connectivity index (χ1n) is 6.34. The molecule has 2 aromatic carbocycles. The number of phenolic OH excluding ortho intramolecular Hbond substituents is 2. The summed E-state index contributed by atoms with van der Waals surface area (Å²) in [5.74, 6) is -0.0125. The Morgan fingerprint density at radius 2 is 1.82 bits per heavy atom. The zero-order valence-electron chi connectivity index (χ0n) is 11.6. The van der Waals surface area contributed by atoms with Crippen LogP contribution in [-0.2, 0) is 0 Å². The highest BCUT2D eigenvalue weighted by Gasteiger charge is 2.17. The van der Waals surface area contributed by atoms with Gasteiger partial charge in [-0.3, -0.25) is 0 Å². The van der Waals surface area contributed by atoms with E-state index < -0.39 is 0 Å². The monoisotopic (exact) mass is 316 g/mol. The number of benzene rings is 2. The molecule has 6 nitrogen and oxygen atoms in total. The number of rotatable bonds is 4. The molecule has 1 aromatic heterocycles. The van der Waals surface area contributed by atoms with Gasteiger partial charge in [0.25, 0.3) is 5.22 Å². The van der Waals surface area contributed by atoms with E-state index in [1.807, 2.05) is 30.3 Å². The van der Waals surface area contributed by atoms with E-state index in [0.29, 0.717) is 16.0 Å². The Morgan fingerprint density at radius 3 is 2.55 bits per heavy atom. The molecule has 0 bridgehead atoms. The van der Waals surface area contributed by atoms with Crippen LogP contribution in [0.3, 0.4) is 0 Å². The number of aromatic nitrogens is 2. The third kappa shape index (κ3) is 2.71. The van der Waals surface area contributed by atoms with Crippen molar-refractivity contribution in [1.82, 2.24) is 10.2 Å².